The molecule has 0 saturated carbocycles. The van der Waals surface area contributed by atoms with Crippen molar-refractivity contribution in [3.8, 4) is 5.75 Å². The van der Waals surface area contributed by atoms with E-state index in [1.165, 1.54) is 12.1 Å². The van der Waals surface area contributed by atoms with Crippen molar-refractivity contribution in [3.63, 3.8) is 0 Å². The molecule has 1 atom stereocenters. The Bertz CT molecular complexity index is 1020. The minimum absolute atomic E-state index is 0.0522. The molecule has 0 aromatic heterocycles. The molecule has 2 aromatic carbocycles. The molecule has 9 heteroatoms. The molecule has 2 saturated heterocycles. The second-order valence-electron chi connectivity index (χ2n) is 8.28. The predicted molar refractivity (Wildman–Crippen MR) is 124 cm³/mol. The summed E-state index contributed by atoms with van der Waals surface area (Å²) in [5.74, 6) is -1.15. The third-order valence-corrected chi connectivity index (χ3v) is 6.08. The van der Waals surface area contributed by atoms with Gasteiger partial charge in [0.1, 0.15) is 11.6 Å². The average Bonchev–Trinajstić information content (AvgIpc) is 3.25. The van der Waals surface area contributed by atoms with Gasteiger partial charge in [0, 0.05) is 50.5 Å². The van der Waals surface area contributed by atoms with Gasteiger partial charge in [-0.05, 0) is 55.5 Å². The number of carbonyl (C=O) groups excluding carboxylic acids is 3. The molecule has 0 spiro atoms. The number of rotatable bonds is 7. The molecule has 34 heavy (non-hydrogen) atoms. The number of amides is 2. The van der Waals surface area contributed by atoms with E-state index in [4.69, 9.17) is 9.47 Å². The zero-order valence-corrected chi connectivity index (χ0v) is 19.1. The van der Waals surface area contributed by atoms with Crippen molar-refractivity contribution in [2.24, 2.45) is 5.92 Å². The average molecular weight is 470 g/mol. The maximum absolute atomic E-state index is 13.1. The van der Waals surface area contributed by atoms with Crippen LogP contribution in [0.25, 0.3) is 0 Å². The summed E-state index contributed by atoms with van der Waals surface area (Å²) in [6, 6.07) is 13.4. The van der Waals surface area contributed by atoms with Crippen LogP contribution in [0.2, 0.25) is 0 Å². The molecule has 2 aliphatic heterocycles. The minimum Gasteiger partial charge on any atom is -0.494 e. The van der Waals surface area contributed by atoms with E-state index in [0.717, 1.165) is 5.69 Å². The highest BCUT2D eigenvalue weighted by Crippen LogP contribution is 2.27. The first-order valence-electron chi connectivity index (χ1n) is 11.4. The SMILES string of the molecule is CCOc1ccc(N2CC(C(=O)OCC(=O)N3CCN(c4ccc(F)cc4)CC3)CC2=O)cc1. The maximum Gasteiger partial charge on any atom is 0.311 e. The Balaban J connectivity index is 1.23. The van der Waals surface area contributed by atoms with Crippen LogP contribution in [0.4, 0.5) is 15.8 Å². The Kier molecular flexibility index (Phi) is 7.30. The van der Waals surface area contributed by atoms with Crippen molar-refractivity contribution in [3.05, 3.63) is 54.3 Å². The van der Waals surface area contributed by atoms with E-state index in [9.17, 15) is 18.8 Å². The van der Waals surface area contributed by atoms with E-state index < -0.39 is 11.9 Å². The number of ether oxygens (including phenoxy) is 2. The van der Waals surface area contributed by atoms with E-state index >= 15 is 0 Å². The summed E-state index contributed by atoms with van der Waals surface area (Å²) in [5, 5.41) is 0. The van der Waals surface area contributed by atoms with Crippen molar-refractivity contribution >= 4 is 29.2 Å². The monoisotopic (exact) mass is 469 g/mol. The molecular weight excluding hydrogens is 441 g/mol. The number of carbonyl (C=O) groups is 3. The van der Waals surface area contributed by atoms with Gasteiger partial charge in [0.05, 0.1) is 12.5 Å². The molecule has 0 aliphatic carbocycles. The van der Waals surface area contributed by atoms with Gasteiger partial charge in [0.25, 0.3) is 5.91 Å². The number of halogens is 1. The molecule has 8 nitrogen and oxygen atoms in total. The maximum atomic E-state index is 13.1. The zero-order valence-electron chi connectivity index (χ0n) is 19.1. The Hall–Kier alpha value is -3.62. The van der Waals surface area contributed by atoms with Crippen LogP contribution < -0.4 is 14.5 Å². The molecular formula is C25H28FN3O5. The van der Waals surface area contributed by atoms with Gasteiger partial charge >= 0.3 is 5.97 Å². The molecule has 4 rings (SSSR count). The smallest absolute Gasteiger partial charge is 0.311 e. The van der Waals surface area contributed by atoms with E-state index in [0.29, 0.717) is 44.2 Å². The van der Waals surface area contributed by atoms with Crippen LogP contribution in [0.15, 0.2) is 48.5 Å². The fourth-order valence-corrected chi connectivity index (χ4v) is 4.21. The van der Waals surface area contributed by atoms with Gasteiger partial charge in [-0.15, -0.1) is 0 Å². The van der Waals surface area contributed by atoms with Gasteiger partial charge in [-0.3, -0.25) is 14.4 Å². The molecule has 0 radical (unpaired) electrons. The van der Waals surface area contributed by atoms with Crippen LogP contribution in [-0.2, 0) is 19.1 Å². The zero-order chi connectivity index (χ0) is 24.1. The molecule has 0 N–H and O–H groups in total. The van der Waals surface area contributed by atoms with Gasteiger partial charge in [0.15, 0.2) is 6.61 Å². The van der Waals surface area contributed by atoms with Crippen molar-refractivity contribution in [1.29, 1.82) is 0 Å². The predicted octanol–water partition coefficient (Wildman–Crippen LogP) is 2.47. The first-order chi connectivity index (χ1) is 16.4. The molecule has 1 unspecified atom stereocenters. The number of esters is 1. The first kappa shape index (κ1) is 23.5. The highest BCUT2D eigenvalue weighted by molar-refractivity contribution is 5.99. The van der Waals surface area contributed by atoms with Crippen molar-refractivity contribution in [2.75, 3.05) is 55.7 Å². The second kappa shape index (κ2) is 10.5. The van der Waals surface area contributed by atoms with Crippen molar-refractivity contribution in [2.45, 2.75) is 13.3 Å². The van der Waals surface area contributed by atoms with E-state index in [-0.39, 0.29) is 37.2 Å². The molecule has 0 bridgehead atoms. The molecule has 2 fully saturated rings. The normalized spacial score (nSPS) is 18.2. The lowest BCUT2D eigenvalue weighted by molar-refractivity contribution is -0.155. The van der Waals surface area contributed by atoms with Gasteiger partial charge < -0.3 is 24.2 Å². The number of hydrogen-bond donors (Lipinski definition) is 0. The Morgan fingerprint density at radius 2 is 1.62 bits per heavy atom. The largest absolute Gasteiger partial charge is 0.494 e. The van der Waals surface area contributed by atoms with Gasteiger partial charge in [-0.25, -0.2) is 4.39 Å². The third kappa shape index (κ3) is 5.47. The number of piperazine rings is 1. The third-order valence-electron chi connectivity index (χ3n) is 6.08. The van der Waals surface area contributed by atoms with Gasteiger partial charge in [-0.2, -0.15) is 0 Å². The lowest BCUT2D eigenvalue weighted by Crippen LogP contribution is -2.50. The number of benzene rings is 2. The summed E-state index contributed by atoms with van der Waals surface area (Å²) in [6.45, 7) is 4.52. The molecule has 2 heterocycles. The summed E-state index contributed by atoms with van der Waals surface area (Å²) < 4.78 is 23.8. The highest BCUT2D eigenvalue weighted by atomic mass is 19.1. The highest BCUT2D eigenvalue weighted by Gasteiger charge is 2.36. The van der Waals surface area contributed by atoms with Crippen LogP contribution >= 0.6 is 0 Å². The van der Waals surface area contributed by atoms with E-state index in [2.05, 4.69) is 4.90 Å². The topological polar surface area (TPSA) is 79.4 Å². The Morgan fingerprint density at radius 3 is 2.26 bits per heavy atom. The van der Waals surface area contributed by atoms with Crippen LogP contribution in [0.1, 0.15) is 13.3 Å². The van der Waals surface area contributed by atoms with Gasteiger partial charge in [0.2, 0.25) is 5.91 Å². The number of anilines is 2. The van der Waals surface area contributed by atoms with Gasteiger partial charge in [-0.1, -0.05) is 0 Å². The van der Waals surface area contributed by atoms with Crippen molar-refractivity contribution < 1.29 is 28.2 Å². The molecule has 180 valence electrons. The summed E-state index contributed by atoms with van der Waals surface area (Å²) in [7, 11) is 0. The van der Waals surface area contributed by atoms with E-state index in [1.807, 2.05) is 6.92 Å². The Morgan fingerprint density at radius 1 is 0.971 bits per heavy atom. The lowest BCUT2D eigenvalue weighted by atomic mass is 10.1. The fourth-order valence-electron chi connectivity index (χ4n) is 4.21. The summed E-state index contributed by atoms with van der Waals surface area (Å²) >= 11 is 0. The van der Waals surface area contributed by atoms with Crippen LogP contribution in [0.3, 0.4) is 0 Å². The number of nitrogens with zero attached hydrogens (tertiary/aromatic N) is 3. The van der Waals surface area contributed by atoms with Crippen LogP contribution in [0, 0.1) is 11.7 Å². The van der Waals surface area contributed by atoms with Crippen LogP contribution in [0.5, 0.6) is 5.75 Å². The van der Waals surface area contributed by atoms with Crippen LogP contribution in [-0.4, -0.2) is 68.6 Å². The second-order valence-corrected chi connectivity index (χ2v) is 8.28. The fraction of sp³-hybridized carbons (Fsp3) is 0.400. The minimum atomic E-state index is -0.609. The first-order valence-corrected chi connectivity index (χ1v) is 11.4. The summed E-state index contributed by atoms with van der Waals surface area (Å²) in [4.78, 5) is 42.8. The number of hydrogen-bond acceptors (Lipinski definition) is 6. The molecule has 2 amide bonds. The Labute approximate surface area is 197 Å². The van der Waals surface area contributed by atoms with E-state index in [1.54, 1.807) is 46.2 Å². The summed E-state index contributed by atoms with van der Waals surface area (Å²) in [5.41, 5.74) is 1.60. The quantitative estimate of drug-likeness (QED) is 0.580. The lowest BCUT2D eigenvalue weighted by Gasteiger charge is -2.36. The molecule has 2 aromatic rings. The van der Waals surface area contributed by atoms with Crippen molar-refractivity contribution in [1.82, 2.24) is 4.90 Å². The standard InChI is InChI=1S/C25H28FN3O5/c1-2-33-22-9-7-21(8-10-22)29-16-18(15-23(29)30)25(32)34-17-24(31)28-13-11-27(12-14-28)20-5-3-19(26)4-6-20/h3-10,18H,2,11-17H2,1H3. The summed E-state index contributed by atoms with van der Waals surface area (Å²) in [6.07, 6.45) is 0.0522. The molecule has 2 aliphatic rings.